The summed E-state index contributed by atoms with van der Waals surface area (Å²) >= 11 is 0. The topological polar surface area (TPSA) is 23.9 Å². The van der Waals surface area contributed by atoms with Crippen molar-refractivity contribution in [3.63, 3.8) is 0 Å². The van der Waals surface area contributed by atoms with Crippen molar-refractivity contribution in [3.05, 3.63) is 34.9 Å². The van der Waals surface area contributed by atoms with Gasteiger partial charge in [-0.05, 0) is 44.4 Å². The first-order valence-corrected chi connectivity index (χ1v) is 4.67. The zero-order chi connectivity index (χ0) is 10.3. The van der Waals surface area contributed by atoms with E-state index in [1.807, 2.05) is 25.2 Å². The zero-order valence-electron chi connectivity index (χ0n) is 9.02. The molecular weight excluding hydrogens is 158 g/mol. The molecule has 0 rings (SSSR count). The van der Waals surface area contributed by atoms with Crippen LogP contribution in [0.15, 0.2) is 34.9 Å². The van der Waals surface area contributed by atoms with Gasteiger partial charge in [0, 0.05) is 6.21 Å². The van der Waals surface area contributed by atoms with Gasteiger partial charge in [-0.15, -0.1) is 0 Å². The summed E-state index contributed by atoms with van der Waals surface area (Å²) in [5.74, 6) is 0. The van der Waals surface area contributed by atoms with Gasteiger partial charge in [0.1, 0.15) is 0 Å². The second-order valence-electron chi connectivity index (χ2n) is 3.05. The molecule has 0 bridgehead atoms. The first-order chi connectivity index (χ1) is 6.17. The fraction of sp³-hybridized carbons (Fsp3) is 0.417. The van der Waals surface area contributed by atoms with E-state index in [-0.39, 0.29) is 0 Å². The molecule has 1 nitrogen and oxygen atoms in total. The molecule has 0 aliphatic rings. The molecule has 0 aliphatic carbocycles. The molecule has 0 saturated heterocycles. The predicted octanol–water partition coefficient (Wildman–Crippen LogP) is 3.88. The average Bonchev–Trinajstić information content (AvgIpc) is 2.15. The second kappa shape index (κ2) is 6.41. The van der Waals surface area contributed by atoms with E-state index >= 15 is 0 Å². The predicted molar refractivity (Wildman–Crippen MR) is 60.3 cm³/mol. The SMILES string of the molecule is C\C=C/C(=C\C=N)C(/C)=C(\C)CC. The van der Waals surface area contributed by atoms with Gasteiger partial charge in [-0.1, -0.05) is 24.6 Å². The number of allylic oxidation sites excluding steroid dienone is 6. The fourth-order valence-electron chi connectivity index (χ4n) is 1.09. The first kappa shape index (κ1) is 11.9. The molecule has 0 unspecified atom stereocenters. The molecule has 72 valence electrons. The lowest BCUT2D eigenvalue weighted by molar-refractivity contribution is 1.06. The van der Waals surface area contributed by atoms with Crippen molar-refractivity contribution in [1.29, 1.82) is 5.41 Å². The fourth-order valence-corrected chi connectivity index (χ4v) is 1.09. The lowest BCUT2D eigenvalue weighted by atomic mass is 10.0. The molecular formula is C12H19N. The van der Waals surface area contributed by atoms with Gasteiger partial charge in [-0.2, -0.15) is 0 Å². The number of hydrogen-bond donors (Lipinski definition) is 1. The van der Waals surface area contributed by atoms with Crippen molar-refractivity contribution in [2.45, 2.75) is 34.1 Å². The van der Waals surface area contributed by atoms with Crippen molar-refractivity contribution in [3.8, 4) is 0 Å². The Morgan fingerprint density at radius 2 is 1.92 bits per heavy atom. The van der Waals surface area contributed by atoms with Crippen molar-refractivity contribution < 1.29 is 0 Å². The van der Waals surface area contributed by atoms with Crippen LogP contribution in [0.2, 0.25) is 0 Å². The maximum Gasteiger partial charge on any atom is 0.0183 e. The number of nitrogens with one attached hydrogen (secondary N) is 1. The van der Waals surface area contributed by atoms with Crippen LogP contribution in [0.3, 0.4) is 0 Å². The van der Waals surface area contributed by atoms with Crippen LogP contribution >= 0.6 is 0 Å². The van der Waals surface area contributed by atoms with Crippen LogP contribution in [0.25, 0.3) is 0 Å². The molecule has 1 N–H and O–H groups in total. The third-order valence-electron chi connectivity index (χ3n) is 2.21. The first-order valence-electron chi connectivity index (χ1n) is 4.67. The summed E-state index contributed by atoms with van der Waals surface area (Å²) in [6.07, 6.45) is 8.27. The molecule has 0 aromatic carbocycles. The van der Waals surface area contributed by atoms with E-state index in [4.69, 9.17) is 5.41 Å². The smallest absolute Gasteiger partial charge is 0.0183 e. The molecule has 0 amide bonds. The summed E-state index contributed by atoms with van der Waals surface area (Å²) in [6.45, 7) is 8.38. The summed E-state index contributed by atoms with van der Waals surface area (Å²) in [7, 11) is 0. The lowest BCUT2D eigenvalue weighted by Crippen LogP contribution is -1.87. The number of hydrogen-bond acceptors (Lipinski definition) is 1. The van der Waals surface area contributed by atoms with E-state index in [1.165, 1.54) is 17.4 Å². The van der Waals surface area contributed by atoms with Crippen molar-refractivity contribution in [1.82, 2.24) is 0 Å². The molecule has 0 saturated carbocycles. The highest BCUT2D eigenvalue weighted by Gasteiger charge is 1.98. The van der Waals surface area contributed by atoms with Gasteiger partial charge in [0.15, 0.2) is 0 Å². The normalized spacial score (nSPS) is 14.6. The lowest BCUT2D eigenvalue weighted by Gasteiger charge is -2.06. The van der Waals surface area contributed by atoms with E-state index in [0.717, 1.165) is 12.0 Å². The van der Waals surface area contributed by atoms with Gasteiger partial charge >= 0.3 is 0 Å². The summed E-state index contributed by atoms with van der Waals surface area (Å²) in [6, 6.07) is 0. The largest absolute Gasteiger partial charge is 0.309 e. The minimum Gasteiger partial charge on any atom is -0.309 e. The molecule has 0 aromatic rings. The van der Waals surface area contributed by atoms with Crippen molar-refractivity contribution in [2.24, 2.45) is 0 Å². The third-order valence-corrected chi connectivity index (χ3v) is 2.21. The standard InChI is InChI=1S/C12H19N/c1-5-7-12(8-9-13)11(4)10(3)6-2/h5,7-9,13H,6H2,1-4H3/b7-5-,11-10+,12-8+,13-9?. The molecule has 0 spiro atoms. The monoisotopic (exact) mass is 177 g/mol. The van der Waals surface area contributed by atoms with E-state index in [2.05, 4.69) is 20.8 Å². The number of rotatable bonds is 4. The summed E-state index contributed by atoms with van der Waals surface area (Å²) in [5, 5.41) is 7.05. The van der Waals surface area contributed by atoms with Crippen LogP contribution in [-0.4, -0.2) is 6.21 Å². The van der Waals surface area contributed by atoms with Crippen LogP contribution in [0.5, 0.6) is 0 Å². The summed E-state index contributed by atoms with van der Waals surface area (Å²) < 4.78 is 0. The molecule has 0 heterocycles. The maximum absolute atomic E-state index is 7.05. The Bertz CT molecular complexity index is 254. The molecule has 13 heavy (non-hydrogen) atoms. The highest BCUT2D eigenvalue weighted by atomic mass is 14.3. The van der Waals surface area contributed by atoms with Crippen LogP contribution in [0.4, 0.5) is 0 Å². The van der Waals surface area contributed by atoms with Crippen molar-refractivity contribution in [2.75, 3.05) is 0 Å². The minimum atomic E-state index is 1.07. The van der Waals surface area contributed by atoms with Gasteiger partial charge in [-0.25, -0.2) is 0 Å². The zero-order valence-corrected chi connectivity index (χ0v) is 9.02. The van der Waals surface area contributed by atoms with Crippen molar-refractivity contribution >= 4 is 6.21 Å². The van der Waals surface area contributed by atoms with Crippen LogP contribution in [-0.2, 0) is 0 Å². The van der Waals surface area contributed by atoms with Gasteiger partial charge in [0.05, 0.1) is 0 Å². The van der Waals surface area contributed by atoms with Gasteiger partial charge in [0.25, 0.3) is 0 Å². The Kier molecular flexibility index (Phi) is 5.86. The Hall–Kier alpha value is -1.11. The average molecular weight is 177 g/mol. The van der Waals surface area contributed by atoms with Crippen LogP contribution in [0, 0.1) is 5.41 Å². The Labute approximate surface area is 81.4 Å². The molecule has 1 heteroatoms. The Morgan fingerprint density at radius 1 is 1.31 bits per heavy atom. The van der Waals surface area contributed by atoms with Gasteiger partial charge in [0.2, 0.25) is 0 Å². The molecule has 0 atom stereocenters. The van der Waals surface area contributed by atoms with E-state index in [0.29, 0.717) is 0 Å². The summed E-state index contributed by atoms with van der Waals surface area (Å²) in [4.78, 5) is 0. The second-order valence-corrected chi connectivity index (χ2v) is 3.05. The highest BCUT2D eigenvalue weighted by molar-refractivity contribution is 5.72. The van der Waals surface area contributed by atoms with E-state index in [9.17, 15) is 0 Å². The molecule has 0 fully saturated rings. The quantitative estimate of drug-likeness (QED) is 0.497. The molecule has 0 aromatic heterocycles. The van der Waals surface area contributed by atoms with Crippen LogP contribution < -0.4 is 0 Å². The van der Waals surface area contributed by atoms with Gasteiger partial charge < -0.3 is 5.41 Å². The molecule has 0 aliphatic heterocycles. The van der Waals surface area contributed by atoms with Crippen LogP contribution in [0.1, 0.15) is 34.1 Å². The van der Waals surface area contributed by atoms with E-state index in [1.54, 1.807) is 0 Å². The Balaban J connectivity index is 4.96. The summed E-state index contributed by atoms with van der Waals surface area (Å²) in [5.41, 5.74) is 3.80. The van der Waals surface area contributed by atoms with Gasteiger partial charge in [-0.3, -0.25) is 0 Å². The third kappa shape index (κ3) is 3.88. The minimum absolute atomic E-state index is 1.07. The van der Waals surface area contributed by atoms with E-state index < -0.39 is 0 Å². The highest BCUT2D eigenvalue weighted by Crippen LogP contribution is 2.17. The molecule has 0 radical (unpaired) electrons. The maximum atomic E-state index is 7.05. The Morgan fingerprint density at radius 3 is 2.31 bits per heavy atom.